The lowest BCUT2D eigenvalue weighted by atomic mass is 10.3. The second-order valence-electron chi connectivity index (χ2n) is 2.71. The van der Waals surface area contributed by atoms with Gasteiger partial charge < -0.3 is 10.6 Å². The molecular weight excluding hydrogens is 164 g/mol. The summed E-state index contributed by atoms with van der Waals surface area (Å²) in [5.41, 5.74) is 0. The topological polar surface area (TPSA) is 41.1 Å². The van der Waals surface area contributed by atoms with E-state index in [9.17, 15) is 4.79 Å². The highest BCUT2D eigenvalue weighted by molar-refractivity contribution is 5.73. The van der Waals surface area contributed by atoms with Crippen molar-refractivity contribution in [2.45, 2.75) is 33.1 Å². The smallest absolute Gasteiger partial charge is 0.314 e. The second kappa shape index (κ2) is 8.92. The average Bonchev–Trinajstić information content (AvgIpc) is 2.13. The van der Waals surface area contributed by atoms with E-state index in [0.29, 0.717) is 6.54 Å². The van der Waals surface area contributed by atoms with Gasteiger partial charge in [-0.2, -0.15) is 0 Å². The second-order valence-corrected chi connectivity index (χ2v) is 2.71. The molecule has 13 heavy (non-hydrogen) atoms. The minimum atomic E-state index is -0.0913. The van der Waals surface area contributed by atoms with Gasteiger partial charge >= 0.3 is 6.03 Å². The Kier molecular flexibility index (Phi) is 8.12. The summed E-state index contributed by atoms with van der Waals surface area (Å²) in [6.45, 7) is 5.26. The van der Waals surface area contributed by atoms with Crippen LogP contribution in [0, 0.1) is 11.8 Å². The van der Waals surface area contributed by atoms with Gasteiger partial charge in [0.15, 0.2) is 0 Å². The van der Waals surface area contributed by atoms with Crippen LogP contribution in [0.25, 0.3) is 0 Å². The zero-order valence-electron chi connectivity index (χ0n) is 8.44. The Morgan fingerprint density at radius 1 is 1.31 bits per heavy atom. The van der Waals surface area contributed by atoms with E-state index in [1.807, 2.05) is 0 Å². The minimum absolute atomic E-state index is 0.0913. The van der Waals surface area contributed by atoms with Crippen LogP contribution in [0.1, 0.15) is 33.1 Å². The third-order valence-corrected chi connectivity index (χ3v) is 1.53. The van der Waals surface area contributed by atoms with Crippen molar-refractivity contribution in [1.82, 2.24) is 10.6 Å². The Morgan fingerprint density at radius 3 is 2.62 bits per heavy atom. The number of unbranched alkanes of at least 4 members (excludes halogenated alkanes) is 1. The molecule has 0 rings (SSSR count). The summed E-state index contributed by atoms with van der Waals surface area (Å²) >= 11 is 0. The highest BCUT2D eigenvalue weighted by atomic mass is 16.2. The molecular formula is C10H18N2O. The third kappa shape index (κ3) is 8.74. The normalized spacial score (nSPS) is 8.46. The summed E-state index contributed by atoms with van der Waals surface area (Å²) in [5.74, 6) is 5.65. The third-order valence-electron chi connectivity index (χ3n) is 1.53. The summed E-state index contributed by atoms with van der Waals surface area (Å²) in [6, 6.07) is -0.0913. The van der Waals surface area contributed by atoms with E-state index in [2.05, 4.69) is 29.4 Å². The maximum atomic E-state index is 11.0. The van der Waals surface area contributed by atoms with Gasteiger partial charge in [0.25, 0.3) is 0 Å². The Labute approximate surface area is 80.3 Å². The molecule has 0 aliphatic carbocycles. The molecule has 0 aromatic carbocycles. The van der Waals surface area contributed by atoms with Crippen molar-refractivity contribution in [2.24, 2.45) is 0 Å². The maximum absolute atomic E-state index is 11.0. The molecule has 0 saturated heterocycles. The number of amides is 2. The highest BCUT2D eigenvalue weighted by Crippen LogP contribution is 1.82. The van der Waals surface area contributed by atoms with Gasteiger partial charge in [-0.05, 0) is 13.3 Å². The van der Waals surface area contributed by atoms with Gasteiger partial charge in [-0.1, -0.05) is 13.3 Å². The summed E-state index contributed by atoms with van der Waals surface area (Å²) < 4.78 is 0. The van der Waals surface area contributed by atoms with Crippen LogP contribution in [0.2, 0.25) is 0 Å². The first kappa shape index (κ1) is 11.8. The summed E-state index contributed by atoms with van der Waals surface area (Å²) in [4.78, 5) is 11.0. The minimum Gasteiger partial charge on any atom is -0.338 e. The molecule has 2 N–H and O–H groups in total. The highest BCUT2D eigenvalue weighted by Gasteiger charge is 1.95. The van der Waals surface area contributed by atoms with E-state index in [4.69, 9.17) is 0 Å². The fourth-order valence-electron chi connectivity index (χ4n) is 0.805. The predicted molar refractivity (Wildman–Crippen MR) is 54.4 cm³/mol. The van der Waals surface area contributed by atoms with Crippen molar-refractivity contribution in [3.8, 4) is 11.8 Å². The largest absolute Gasteiger partial charge is 0.338 e. The number of rotatable bonds is 5. The van der Waals surface area contributed by atoms with Gasteiger partial charge in [0, 0.05) is 19.5 Å². The molecule has 0 aliphatic heterocycles. The molecule has 0 atom stereocenters. The Bertz CT molecular complexity index is 191. The van der Waals surface area contributed by atoms with E-state index in [-0.39, 0.29) is 6.03 Å². The molecule has 0 fully saturated rings. The van der Waals surface area contributed by atoms with Crippen LogP contribution >= 0.6 is 0 Å². The molecule has 0 unspecified atom stereocenters. The molecule has 0 radical (unpaired) electrons. The quantitative estimate of drug-likeness (QED) is 0.491. The Balaban J connectivity index is 3.23. The van der Waals surface area contributed by atoms with Gasteiger partial charge in [-0.3, -0.25) is 0 Å². The zero-order valence-corrected chi connectivity index (χ0v) is 8.44. The zero-order chi connectivity index (χ0) is 9.94. The van der Waals surface area contributed by atoms with Crippen molar-refractivity contribution >= 4 is 6.03 Å². The van der Waals surface area contributed by atoms with Crippen LogP contribution in [-0.2, 0) is 0 Å². The molecule has 0 spiro atoms. The first-order valence-electron chi connectivity index (χ1n) is 4.72. The van der Waals surface area contributed by atoms with Gasteiger partial charge in [0.1, 0.15) is 0 Å². The summed E-state index contributed by atoms with van der Waals surface area (Å²) in [7, 11) is 0. The lowest BCUT2D eigenvalue weighted by Gasteiger charge is -2.04. The lowest BCUT2D eigenvalue weighted by Crippen LogP contribution is -2.36. The number of hydrogen-bond acceptors (Lipinski definition) is 1. The number of carbonyl (C=O) groups excluding carboxylic acids is 1. The molecule has 0 aromatic heterocycles. The molecule has 74 valence electrons. The Morgan fingerprint density at radius 2 is 2.00 bits per heavy atom. The number of nitrogens with one attached hydrogen (secondary N) is 2. The van der Waals surface area contributed by atoms with Crippen LogP contribution in [0.4, 0.5) is 4.79 Å². The van der Waals surface area contributed by atoms with Gasteiger partial charge in [0.2, 0.25) is 0 Å². The SMILES string of the molecule is CC#CCCNC(=O)NCCCC. The van der Waals surface area contributed by atoms with Crippen LogP contribution in [0.5, 0.6) is 0 Å². The maximum Gasteiger partial charge on any atom is 0.314 e. The van der Waals surface area contributed by atoms with Gasteiger partial charge in [-0.25, -0.2) is 4.79 Å². The van der Waals surface area contributed by atoms with Crippen LogP contribution in [0.15, 0.2) is 0 Å². The lowest BCUT2D eigenvalue weighted by molar-refractivity contribution is 0.241. The molecule has 3 heteroatoms. The van der Waals surface area contributed by atoms with Crippen LogP contribution in [-0.4, -0.2) is 19.1 Å². The van der Waals surface area contributed by atoms with E-state index in [1.165, 1.54) is 0 Å². The number of urea groups is 1. The molecule has 0 saturated carbocycles. The van der Waals surface area contributed by atoms with Crippen molar-refractivity contribution in [3.63, 3.8) is 0 Å². The van der Waals surface area contributed by atoms with Crippen molar-refractivity contribution in [3.05, 3.63) is 0 Å². The van der Waals surface area contributed by atoms with Crippen molar-refractivity contribution in [2.75, 3.05) is 13.1 Å². The van der Waals surface area contributed by atoms with Crippen molar-refractivity contribution in [1.29, 1.82) is 0 Å². The first-order chi connectivity index (χ1) is 6.31. The van der Waals surface area contributed by atoms with Crippen molar-refractivity contribution < 1.29 is 4.79 Å². The predicted octanol–water partition coefficient (Wildman–Crippen LogP) is 1.50. The Hall–Kier alpha value is -1.17. The molecule has 0 heterocycles. The number of hydrogen-bond donors (Lipinski definition) is 2. The van der Waals surface area contributed by atoms with E-state index in [1.54, 1.807) is 6.92 Å². The average molecular weight is 182 g/mol. The van der Waals surface area contributed by atoms with Crippen LogP contribution in [0.3, 0.4) is 0 Å². The number of carbonyl (C=O) groups is 1. The van der Waals surface area contributed by atoms with Crippen LogP contribution < -0.4 is 10.6 Å². The first-order valence-corrected chi connectivity index (χ1v) is 4.72. The molecule has 0 aromatic rings. The molecule has 3 nitrogen and oxygen atoms in total. The summed E-state index contributed by atoms with van der Waals surface area (Å²) in [6.07, 6.45) is 2.85. The molecule has 2 amide bonds. The standard InChI is InChI=1S/C10H18N2O/c1-3-5-7-9-12-10(13)11-8-6-4-2/h4,6-9H2,1-2H3,(H2,11,12,13). The monoisotopic (exact) mass is 182 g/mol. The van der Waals surface area contributed by atoms with E-state index in [0.717, 1.165) is 25.8 Å². The molecule has 0 bridgehead atoms. The van der Waals surface area contributed by atoms with E-state index >= 15 is 0 Å². The van der Waals surface area contributed by atoms with Gasteiger partial charge in [-0.15, -0.1) is 11.8 Å². The fraction of sp³-hybridized carbons (Fsp3) is 0.700. The summed E-state index contributed by atoms with van der Waals surface area (Å²) in [5, 5.41) is 5.49. The molecule has 0 aliphatic rings. The fourth-order valence-corrected chi connectivity index (χ4v) is 0.805. The van der Waals surface area contributed by atoms with E-state index < -0.39 is 0 Å². The van der Waals surface area contributed by atoms with Gasteiger partial charge in [0.05, 0.1) is 0 Å².